The lowest BCUT2D eigenvalue weighted by atomic mass is 10.1. The quantitative estimate of drug-likeness (QED) is 0.568. The van der Waals surface area contributed by atoms with Gasteiger partial charge < -0.3 is 20.5 Å². The van der Waals surface area contributed by atoms with Crippen LogP contribution in [0.25, 0.3) is 0 Å². The van der Waals surface area contributed by atoms with E-state index in [0.29, 0.717) is 19.2 Å². The number of piperidine rings is 1. The first-order valence-corrected chi connectivity index (χ1v) is 10.9. The van der Waals surface area contributed by atoms with E-state index in [0.717, 1.165) is 56.2 Å². The zero-order chi connectivity index (χ0) is 21.5. The number of rotatable bonds is 9. The molecule has 8 heteroatoms. The van der Waals surface area contributed by atoms with Crippen LogP contribution in [0.15, 0.2) is 36.4 Å². The zero-order valence-electron chi connectivity index (χ0n) is 19.4. The minimum atomic E-state index is -0.490. The molecule has 1 aromatic carbocycles. The Kier molecular flexibility index (Phi) is 12.5. The molecule has 0 amide bonds. The number of pyridine rings is 1. The number of nitrogens with zero attached hydrogens (tertiary/aromatic N) is 3. The summed E-state index contributed by atoms with van der Waals surface area (Å²) in [7, 11) is 2.10. The molecule has 0 saturated carbocycles. The Morgan fingerprint density at radius 1 is 1.12 bits per heavy atom. The molecule has 0 radical (unpaired) electrons. The number of benzene rings is 1. The maximum Gasteiger partial charge on any atom is 0.119 e. The third kappa shape index (κ3) is 9.61. The van der Waals surface area contributed by atoms with E-state index in [-0.39, 0.29) is 24.8 Å². The van der Waals surface area contributed by atoms with Crippen LogP contribution in [0.3, 0.4) is 0 Å². The van der Waals surface area contributed by atoms with E-state index in [1.807, 2.05) is 19.1 Å². The highest BCUT2D eigenvalue weighted by atomic mass is 35.5. The molecule has 32 heavy (non-hydrogen) atoms. The molecule has 180 valence electrons. The van der Waals surface area contributed by atoms with Gasteiger partial charge in [0, 0.05) is 31.4 Å². The Labute approximate surface area is 205 Å². The van der Waals surface area contributed by atoms with Crippen LogP contribution in [0.5, 0.6) is 5.75 Å². The Morgan fingerprint density at radius 2 is 1.78 bits per heavy atom. The highest BCUT2D eigenvalue weighted by Crippen LogP contribution is 2.15. The highest BCUT2D eigenvalue weighted by Gasteiger charge is 2.18. The van der Waals surface area contributed by atoms with Gasteiger partial charge in [0.15, 0.2) is 0 Å². The monoisotopic (exact) mass is 484 g/mol. The molecule has 3 rings (SSSR count). The van der Waals surface area contributed by atoms with Gasteiger partial charge >= 0.3 is 0 Å². The molecular weight excluding hydrogens is 447 g/mol. The van der Waals surface area contributed by atoms with E-state index >= 15 is 0 Å². The molecular formula is C24H38Cl2N4O2. The summed E-state index contributed by atoms with van der Waals surface area (Å²) in [5.74, 6) is 0.789. The van der Waals surface area contributed by atoms with Crippen LogP contribution in [-0.2, 0) is 13.1 Å². The Bertz CT molecular complexity index is 779. The Morgan fingerprint density at radius 3 is 2.41 bits per heavy atom. The standard InChI is InChI=1S/C24H36N4O2.2ClH/c1-18-12-19(2)26-22(13-18)15-27(3)14-20-4-6-24(7-5-20)30-17-23(29)16-28-10-8-21(25)9-11-28;;/h4-7,12-13,21,23,29H,8-11,14-17,25H2,1-3H3;2*1H. The normalized spacial score (nSPS) is 15.7. The summed E-state index contributed by atoms with van der Waals surface area (Å²) in [6, 6.07) is 12.7. The highest BCUT2D eigenvalue weighted by molar-refractivity contribution is 5.85. The second-order valence-corrected chi connectivity index (χ2v) is 8.70. The molecule has 1 saturated heterocycles. The van der Waals surface area contributed by atoms with Gasteiger partial charge in [-0.2, -0.15) is 0 Å². The van der Waals surface area contributed by atoms with Crippen LogP contribution in [0.1, 0.15) is 35.4 Å². The summed E-state index contributed by atoms with van der Waals surface area (Å²) >= 11 is 0. The van der Waals surface area contributed by atoms with E-state index in [4.69, 9.17) is 10.5 Å². The molecule has 2 aromatic rings. The van der Waals surface area contributed by atoms with Crippen LogP contribution >= 0.6 is 24.8 Å². The van der Waals surface area contributed by atoms with Crippen LogP contribution in [-0.4, -0.2) is 65.3 Å². The lowest BCUT2D eigenvalue weighted by molar-refractivity contribution is 0.0597. The summed E-state index contributed by atoms with van der Waals surface area (Å²) in [5, 5.41) is 10.3. The van der Waals surface area contributed by atoms with Gasteiger partial charge in [0.05, 0.1) is 5.69 Å². The number of aromatic nitrogens is 1. The van der Waals surface area contributed by atoms with Crippen molar-refractivity contribution in [3.63, 3.8) is 0 Å². The Balaban J connectivity index is 0.00000256. The molecule has 0 spiro atoms. The fraction of sp³-hybridized carbons (Fsp3) is 0.542. The van der Waals surface area contributed by atoms with Gasteiger partial charge in [-0.05, 0) is 82.2 Å². The third-order valence-corrected chi connectivity index (χ3v) is 5.50. The van der Waals surface area contributed by atoms with Crippen LogP contribution in [0.2, 0.25) is 0 Å². The van der Waals surface area contributed by atoms with Gasteiger partial charge in [-0.1, -0.05) is 12.1 Å². The molecule has 1 atom stereocenters. The van der Waals surface area contributed by atoms with Crippen LogP contribution in [0, 0.1) is 13.8 Å². The molecule has 0 bridgehead atoms. The van der Waals surface area contributed by atoms with Gasteiger partial charge in [-0.3, -0.25) is 9.88 Å². The second kappa shape index (κ2) is 14.0. The number of hydrogen-bond donors (Lipinski definition) is 2. The maximum atomic E-state index is 10.3. The van der Waals surface area contributed by atoms with Crippen molar-refractivity contribution in [3.8, 4) is 5.75 Å². The number of halogens is 2. The lowest BCUT2D eigenvalue weighted by Crippen LogP contribution is -2.44. The molecule has 0 aliphatic carbocycles. The van der Waals surface area contributed by atoms with Gasteiger partial charge in [0.1, 0.15) is 18.5 Å². The smallest absolute Gasteiger partial charge is 0.119 e. The molecule has 6 nitrogen and oxygen atoms in total. The van der Waals surface area contributed by atoms with Crippen molar-refractivity contribution in [1.82, 2.24) is 14.8 Å². The molecule has 1 unspecified atom stereocenters. The number of β-amino-alcohol motifs (C(OH)–C–C–N with tert-alkyl or cyclic N) is 1. The Hall–Kier alpha value is -1.41. The summed E-state index contributed by atoms with van der Waals surface area (Å²) in [6.07, 6.45) is 1.52. The number of hydrogen-bond acceptors (Lipinski definition) is 6. The third-order valence-electron chi connectivity index (χ3n) is 5.50. The molecule has 1 fully saturated rings. The van der Waals surface area contributed by atoms with Crippen molar-refractivity contribution in [3.05, 3.63) is 58.9 Å². The molecule has 3 N–H and O–H groups in total. The largest absolute Gasteiger partial charge is 0.491 e. The molecule has 1 aromatic heterocycles. The van der Waals surface area contributed by atoms with Crippen molar-refractivity contribution in [1.29, 1.82) is 0 Å². The number of aryl methyl sites for hydroxylation is 2. The summed E-state index contributed by atoms with van der Waals surface area (Å²) < 4.78 is 5.79. The number of nitrogens with two attached hydrogens (primary N) is 1. The first kappa shape index (κ1) is 28.6. The fourth-order valence-electron chi connectivity index (χ4n) is 4.02. The second-order valence-electron chi connectivity index (χ2n) is 8.70. The van der Waals surface area contributed by atoms with Crippen molar-refractivity contribution in [2.75, 3.05) is 33.3 Å². The van der Waals surface area contributed by atoms with Gasteiger partial charge in [-0.25, -0.2) is 0 Å². The van der Waals surface area contributed by atoms with E-state index in [9.17, 15) is 5.11 Å². The SMILES string of the molecule is Cc1cc(C)nc(CN(C)Cc2ccc(OCC(O)CN3CCC(N)CC3)cc2)c1.Cl.Cl. The first-order chi connectivity index (χ1) is 14.4. The average molecular weight is 486 g/mol. The fourth-order valence-corrected chi connectivity index (χ4v) is 4.02. The number of ether oxygens (including phenoxy) is 1. The number of likely N-dealkylation sites (tertiary alicyclic amines) is 1. The summed E-state index contributed by atoms with van der Waals surface area (Å²) in [5.41, 5.74) is 10.6. The maximum absolute atomic E-state index is 10.3. The van der Waals surface area contributed by atoms with Crippen molar-refractivity contribution < 1.29 is 9.84 Å². The average Bonchev–Trinajstić information content (AvgIpc) is 2.68. The van der Waals surface area contributed by atoms with Crippen molar-refractivity contribution in [2.45, 2.75) is 51.9 Å². The summed E-state index contributed by atoms with van der Waals surface area (Å²) in [4.78, 5) is 9.14. The van der Waals surface area contributed by atoms with Crippen molar-refractivity contribution in [2.24, 2.45) is 5.73 Å². The predicted molar refractivity (Wildman–Crippen MR) is 135 cm³/mol. The topological polar surface area (TPSA) is 74.9 Å². The van der Waals surface area contributed by atoms with Crippen molar-refractivity contribution >= 4 is 24.8 Å². The van der Waals surface area contributed by atoms with E-state index in [1.54, 1.807) is 0 Å². The number of aliphatic hydroxyl groups excluding tert-OH is 1. The van der Waals surface area contributed by atoms with E-state index in [1.165, 1.54) is 11.1 Å². The molecule has 2 heterocycles. The van der Waals surface area contributed by atoms with E-state index < -0.39 is 6.10 Å². The number of aliphatic hydroxyl groups is 1. The summed E-state index contributed by atoms with van der Waals surface area (Å²) in [6.45, 7) is 8.66. The predicted octanol–water partition coefficient (Wildman–Crippen LogP) is 3.34. The molecule has 1 aliphatic rings. The molecule has 1 aliphatic heterocycles. The minimum Gasteiger partial charge on any atom is -0.491 e. The first-order valence-electron chi connectivity index (χ1n) is 10.9. The van der Waals surface area contributed by atoms with Crippen LogP contribution in [0.4, 0.5) is 0 Å². The minimum absolute atomic E-state index is 0. The van der Waals surface area contributed by atoms with Gasteiger partial charge in [0.25, 0.3) is 0 Å². The van der Waals surface area contributed by atoms with Gasteiger partial charge in [0.2, 0.25) is 0 Å². The lowest BCUT2D eigenvalue weighted by Gasteiger charge is -2.31. The van der Waals surface area contributed by atoms with Crippen LogP contribution < -0.4 is 10.5 Å². The zero-order valence-corrected chi connectivity index (χ0v) is 21.0. The van der Waals surface area contributed by atoms with Gasteiger partial charge in [-0.15, -0.1) is 24.8 Å². The van der Waals surface area contributed by atoms with E-state index in [2.05, 4.69) is 53.0 Å².